The SMILES string of the molecule is Cc1nc(CN)sc1-c1nc2c(F)cccc2[nH]1. The Hall–Kier alpha value is -1.79. The summed E-state index contributed by atoms with van der Waals surface area (Å²) in [7, 11) is 0. The number of nitrogens with zero attached hydrogens (tertiary/aromatic N) is 2. The minimum absolute atomic E-state index is 0.323. The first kappa shape index (κ1) is 11.3. The van der Waals surface area contributed by atoms with Crippen molar-refractivity contribution in [2.75, 3.05) is 0 Å². The number of aromatic amines is 1. The van der Waals surface area contributed by atoms with Crippen LogP contribution in [0.25, 0.3) is 21.7 Å². The van der Waals surface area contributed by atoms with Gasteiger partial charge in [-0.15, -0.1) is 11.3 Å². The van der Waals surface area contributed by atoms with Crippen molar-refractivity contribution in [3.8, 4) is 10.7 Å². The van der Waals surface area contributed by atoms with E-state index in [2.05, 4.69) is 15.0 Å². The summed E-state index contributed by atoms with van der Waals surface area (Å²) >= 11 is 1.48. The van der Waals surface area contributed by atoms with E-state index in [0.717, 1.165) is 15.6 Å². The number of benzene rings is 1. The summed E-state index contributed by atoms with van der Waals surface area (Å²) in [4.78, 5) is 12.6. The van der Waals surface area contributed by atoms with Crippen molar-refractivity contribution < 1.29 is 4.39 Å². The largest absolute Gasteiger partial charge is 0.337 e. The number of para-hydroxylation sites is 1. The fourth-order valence-corrected chi connectivity index (χ4v) is 2.75. The molecule has 4 nitrogen and oxygen atoms in total. The van der Waals surface area contributed by atoms with Crippen molar-refractivity contribution in [2.24, 2.45) is 5.73 Å². The fourth-order valence-electron chi connectivity index (χ4n) is 1.86. The molecule has 0 aliphatic rings. The van der Waals surface area contributed by atoms with Gasteiger partial charge in [0.2, 0.25) is 0 Å². The van der Waals surface area contributed by atoms with Gasteiger partial charge in [0.1, 0.15) is 10.5 Å². The average molecular weight is 262 g/mol. The van der Waals surface area contributed by atoms with E-state index in [1.165, 1.54) is 17.4 Å². The molecule has 0 atom stereocenters. The Morgan fingerprint density at radius 2 is 2.22 bits per heavy atom. The molecule has 0 bridgehead atoms. The van der Waals surface area contributed by atoms with Crippen molar-refractivity contribution in [3.05, 3.63) is 34.7 Å². The maximum absolute atomic E-state index is 13.6. The molecular formula is C12H11FN4S. The molecule has 2 heterocycles. The van der Waals surface area contributed by atoms with E-state index in [4.69, 9.17) is 5.73 Å². The predicted molar refractivity (Wildman–Crippen MR) is 69.8 cm³/mol. The monoisotopic (exact) mass is 262 g/mol. The van der Waals surface area contributed by atoms with Gasteiger partial charge in [0.15, 0.2) is 11.6 Å². The van der Waals surface area contributed by atoms with Crippen LogP contribution in [0.3, 0.4) is 0 Å². The second-order valence-electron chi connectivity index (χ2n) is 3.95. The Kier molecular flexibility index (Phi) is 2.61. The zero-order valence-corrected chi connectivity index (χ0v) is 10.5. The van der Waals surface area contributed by atoms with Gasteiger partial charge in [-0.25, -0.2) is 14.4 Å². The van der Waals surface area contributed by atoms with Crippen LogP contribution in [-0.2, 0) is 6.54 Å². The molecule has 0 saturated carbocycles. The van der Waals surface area contributed by atoms with Gasteiger partial charge in [-0.3, -0.25) is 0 Å². The van der Waals surface area contributed by atoms with Crippen LogP contribution in [0.15, 0.2) is 18.2 Å². The zero-order valence-electron chi connectivity index (χ0n) is 9.70. The lowest BCUT2D eigenvalue weighted by atomic mass is 10.3. The van der Waals surface area contributed by atoms with Crippen molar-refractivity contribution >= 4 is 22.4 Å². The smallest absolute Gasteiger partial charge is 0.151 e. The number of hydrogen-bond acceptors (Lipinski definition) is 4. The highest BCUT2D eigenvalue weighted by Crippen LogP contribution is 2.29. The topological polar surface area (TPSA) is 67.6 Å². The van der Waals surface area contributed by atoms with E-state index in [0.29, 0.717) is 23.4 Å². The van der Waals surface area contributed by atoms with Gasteiger partial charge in [0.05, 0.1) is 16.1 Å². The average Bonchev–Trinajstić information content (AvgIpc) is 2.93. The molecule has 18 heavy (non-hydrogen) atoms. The number of aryl methyl sites for hydroxylation is 1. The van der Waals surface area contributed by atoms with Crippen LogP contribution in [0.5, 0.6) is 0 Å². The summed E-state index contributed by atoms with van der Waals surface area (Å²) in [6, 6.07) is 4.86. The highest BCUT2D eigenvalue weighted by atomic mass is 32.1. The quantitative estimate of drug-likeness (QED) is 0.746. The summed E-state index contributed by atoms with van der Waals surface area (Å²) in [5, 5.41) is 0.850. The third-order valence-electron chi connectivity index (χ3n) is 2.69. The Morgan fingerprint density at radius 1 is 1.39 bits per heavy atom. The first-order valence-corrected chi connectivity index (χ1v) is 6.31. The molecule has 0 aliphatic heterocycles. The number of nitrogens with one attached hydrogen (secondary N) is 1. The number of aromatic nitrogens is 3. The number of hydrogen-bond donors (Lipinski definition) is 2. The van der Waals surface area contributed by atoms with Gasteiger partial charge in [0, 0.05) is 6.54 Å². The molecular weight excluding hydrogens is 251 g/mol. The molecule has 3 aromatic rings. The summed E-state index contributed by atoms with van der Waals surface area (Å²) in [6.07, 6.45) is 0. The number of halogens is 1. The number of imidazole rings is 1. The molecule has 1 aromatic carbocycles. The predicted octanol–water partition coefficient (Wildman–Crippen LogP) is 2.59. The van der Waals surface area contributed by atoms with Crippen LogP contribution in [0.2, 0.25) is 0 Å². The van der Waals surface area contributed by atoms with Gasteiger partial charge >= 0.3 is 0 Å². The number of fused-ring (bicyclic) bond motifs is 1. The highest BCUT2D eigenvalue weighted by molar-refractivity contribution is 7.15. The molecule has 0 saturated heterocycles. The van der Waals surface area contributed by atoms with E-state index in [9.17, 15) is 4.39 Å². The maximum Gasteiger partial charge on any atom is 0.151 e. The lowest BCUT2D eigenvalue weighted by molar-refractivity contribution is 0.637. The molecule has 0 fully saturated rings. The van der Waals surface area contributed by atoms with Gasteiger partial charge in [-0.1, -0.05) is 6.07 Å². The lowest BCUT2D eigenvalue weighted by Crippen LogP contribution is -1.94. The Labute approximate surface area is 107 Å². The number of nitrogens with two attached hydrogens (primary N) is 1. The summed E-state index contributed by atoms with van der Waals surface area (Å²) < 4.78 is 13.6. The molecule has 92 valence electrons. The van der Waals surface area contributed by atoms with E-state index < -0.39 is 0 Å². The van der Waals surface area contributed by atoms with Crippen LogP contribution in [0.1, 0.15) is 10.7 Å². The third kappa shape index (κ3) is 1.70. The molecule has 0 radical (unpaired) electrons. The Balaban J connectivity index is 2.19. The Bertz CT molecular complexity index is 716. The molecule has 0 unspecified atom stereocenters. The van der Waals surface area contributed by atoms with Crippen LogP contribution in [-0.4, -0.2) is 15.0 Å². The highest BCUT2D eigenvalue weighted by Gasteiger charge is 2.14. The third-order valence-corrected chi connectivity index (χ3v) is 3.88. The van der Waals surface area contributed by atoms with Crippen LogP contribution in [0, 0.1) is 12.7 Å². The van der Waals surface area contributed by atoms with Gasteiger partial charge in [-0.2, -0.15) is 0 Å². The second-order valence-corrected chi connectivity index (χ2v) is 5.03. The zero-order chi connectivity index (χ0) is 12.7. The molecule has 0 aliphatic carbocycles. The van der Waals surface area contributed by atoms with Crippen LogP contribution >= 0.6 is 11.3 Å². The van der Waals surface area contributed by atoms with E-state index >= 15 is 0 Å². The minimum atomic E-state index is -0.323. The van der Waals surface area contributed by atoms with Crippen molar-refractivity contribution in [1.29, 1.82) is 0 Å². The van der Waals surface area contributed by atoms with Crippen molar-refractivity contribution in [1.82, 2.24) is 15.0 Å². The molecule has 3 N–H and O–H groups in total. The van der Waals surface area contributed by atoms with E-state index in [1.807, 2.05) is 6.92 Å². The molecule has 3 rings (SSSR count). The number of rotatable bonds is 2. The number of H-pyrrole nitrogens is 1. The molecule has 0 spiro atoms. The fraction of sp³-hybridized carbons (Fsp3) is 0.167. The molecule has 2 aromatic heterocycles. The normalized spacial score (nSPS) is 11.3. The van der Waals surface area contributed by atoms with Crippen molar-refractivity contribution in [2.45, 2.75) is 13.5 Å². The van der Waals surface area contributed by atoms with Crippen LogP contribution in [0.4, 0.5) is 4.39 Å². The first-order chi connectivity index (χ1) is 8.69. The van der Waals surface area contributed by atoms with E-state index in [-0.39, 0.29) is 5.82 Å². The summed E-state index contributed by atoms with van der Waals surface area (Å²) in [5.41, 5.74) is 7.47. The molecule has 6 heteroatoms. The number of thiazole rings is 1. The summed E-state index contributed by atoms with van der Waals surface area (Å²) in [5.74, 6) is 0.320. The van der Waals surface area contributed by atoms with Crippen LogP contribution < -0.4 is 5.73 Å². The lowest BCUT2D eigenvalue weighted by Gasteiger charge is -1.90. The van der Waals surface area contributed by atoms with Gasteiger partial charge < -0.3 is 10.7 Å². The Morgan fingerprint density at radius 3 is 2.89 bits per heavy atom. The molecule has 0 amide bonds. The maximum atomic E-state index is 13.6. The summed E-state index contributed by atoms with van der Waals surface area (Å²) in [6.45, 7) is 2.30. The standard InChI is InChI=1S/C12H11FN4S/c1-6-11(18-9(5-14)15-6)12-16-8-4-2-3-7(13)10(8)17-12/h2-4H,5,14H2,1H3,(H,16,17). The van der Waals surface area contributed by atoms with Crippen molar-refractivity contribution in [3.63, 3.8) is 0 Å². The minimum Gasteiger partial charge on any atom is -0.337 e. The van der Waals surface area contributed by atoms with E-state index in [1.54, 1.807) is 12.1 Å². The van der Waals surface area contributed by atoms with Gasteiger partial charge in [-0.05, 0) is 19.1 Å². The second kappa shape index (κ2) is 4.15. The van der Waals surface area contributed by atoms with Gasteiger partial charge in [0.25, 0.3) is 0 Å². The first-order valence-electron chi connectivity index (χ1n) is 5.50.